The Labute approximate surface area is 132 Å². The number of aromatic nitrogens is 2. The van der Waals surface area contributed by atoms with Crippen molar-refractivity contribution in [3.8, 4) is 5.88 Å². The van der Waals surface area contributed by atoms with Crippen molar-refractivity contribution in [1.29, 1.82) is 0 Å². The molecule has 1 aromatic heterocycles. The Morgan fingerprint density at radius 2 is 2.32 bits per heavy atom. The van der Waals surface area contributed by atoms with E-state index in [1.165, 1.54) is 32.8 Å². The van der Waals surface area contributed by atoms with E-state index in [9.17, 15) is 4.79 Å². The van der Waals surface area contributed by atoms with Gasteiger partial charge in [-0.15, -0.1) is 0 Å². The van der Waals surface area contributed by atoms with Gasteiger partial charge in [0, 0.05) is 25.7 Å². The van der Waals surface area contributed by atoms with Gasteiger partial charge in [0.15, 0.2) is 0 Å². The first-order valence-corrected chi connectivity index (χ1v) is 7.95. The zero-order valence-electron chi connectivity index (χ0n) is 13.7. The Kier molecular flexibility index (Phi) is 6.12. The minimum absolute atomic E-state index is 0.165. The summed E-state index contributed by atoms with van der Waals surface area (Å²) >= 11 is 0. The molecule has 1 aliphatic heterocycles. The number of nitrogens with one attached hydrogen (secondary N) is 1. The van der Waals surface area contributed by atoms with Crippen LogP contribution in [0.3, 0.4) is 0 Å². The van der Waals surface area contributed by atoms with Crippen LogP contribution in [-0.4, -0.2) is 54.1 Å². The maximum atomic E-state index is 12.1. The summed E-state index contributed by atoms with van der Waals surface area (Å²) in [6.07, 6.45) is 3.72. The Balaban J connectivity index is 1.82. The van der Waals surface area contributed by atoms with Gasteiger partial charge in [0.1, 0.15) is 12.0 Å². The molecule has 1 saturated heterocycles. The molecular formula is C16H26N4O2. The van der Waals surface area contributed by atoms with Crippen molar-refractivity contribution in [1.82, 2.24) is 20.2 Å². The number of hydrogen-bond donors (Lipinski definition) is 1. The largest absolute Gasteiger partial charge is 0.481 e. The maximum Gasteiger partial charge on any atom is 0.270 e. The molecule has 0 spiro atoms. The van der Waals surface area contributed by atoms with Crippen LogP contribution in [0.25, 0.3) is 0 Å². The molecule has 1 atom stereocenters. The fraction of sp³-hybridized carbons (Fsp3) is 0.688. The highest BCUT2D eigenvalue weighted by molar-refractivity contribution is 5.92. The number of hydrogen-bond acceptors (Lipinski definition) is 5. The van der Waals surface area contributed by atoms with Gasteiger partial charge < -0.3 is 15.0 Å². The van der Waals surface area contributed by atoms with Crippen molar-refractivity contribution < 1.29 is 9.53 Å². The second kappa shape index (κ2) is 8.08. The molecule has 2 rings (SSSR count). The average molecular weight is 306 g/mol. The zero-order chi connectivity index (χ0) is 15.9. The minimum Gasteiger partial charge on any atom is -0.481 e. The highest BCUT2D eigenvalue weighted by Gasteiger charge is 2.21. The smallest absolute Gasteiger partial charge is 0.270 e. The number of nitrogens with zero attached hydrogens (tertiary/aromatic N) is 3. The SMILES string of the molecule is COc1cc(C(=O)NCC2CCCN(CC(C)C)C2)ncn1. The van der Waals surface area contributed by atoms with E-state index in [-0.39, 0.29) is 5.91 Å². The summed E-state index contributed by atoms with van der Waals surface area (Å²) in [6.45, 7) is 8.55. The standard InChI is InChI=1S/C16H26N4O2/c1-12(2)9-20-6-4-5-13(10-20)8-17-16(21)14-7-15(22-3)19-11-18-14/h7,11-13H,4-6,8-10H2,1-3H3,(H,17,21). The van der Waals surface area contributed by atoms with Gasteiger partial charge in [-0.25, -0.2) is 9.97 Å². The summed E-state index contributed by atoms with van der Waals surface area (Å²) in [5, 5.41) is 2.98. The summed E-state index contributed by atoms with van der Waals surface area (Å²) in [5.41, 5.74) is 0.349. The van der Waals surface area contributed by atoms with Crippen molar-refractivity contribution >= 4 is 5.91 Å². The van der Waals surface area contributed by atoms with Gasteiger partial charge in [-0.1, -0.05) is 13.8 Å². The van der Waals surface area contributed by atoms with Gasteiger partial charge in [-0.2, -0.15) is 0 Å². The van der Waals surface area contributed by atoms with Crippen LogP contribution in [0.5, 0.6) is 5.88 Å². The lowest BCUT2D eigenvalue weighted by molar-refractivity contribution is 0.0923. The van der Waals surface area contributed by atoms with Crippen molar-refractivity contribution in [2.75, 3.05) is 33.3 Å². The Morgan fingerprint density at radius 3 is 3.05 bits per heavy atom. The van der Waals surface area contributed by atoms with Gasteiger partial charge in [0.05, 0.1) is 7.11 Å². The molecule has 22 heavy (non-hydrogen) atoms. The average Bonchev–Trinajstić information content (AvgIpc) is 2.52. The van der Waals surface area contributed by atoms with E-state index in [0.717, 1.165) is 13.1 Å². The fourth-order valence-electron chi connectivity index (χ4n) is 2.90. The molecule has 0 aliphatic carbocycles. The Hall–Kier alpha value is -1.69. The summed E-state index contributed by atoms with van der Waals surface area (Å²) in [7, 11) is 1.52. The third-order valence-electron chi connectivity index (χ3n) is 3.86. The Morgan fingerprint density at radius 1 is 1.50 bits per heavy atom. The van der Waals surface area contributed by atoms with Crippen LogP contribution < -0.4 is 10.1 Å². The Bertz CT molecular complexity index is 493. The first-order chi connectivity index (χ1) is 10.6. The molecule has 2 heterocycles. The molecule has 6 heteroatoms. The van der Waals surface area contributed by atoms with Gasteiger partial charge in [0.25, 0.3) is 5.91 Å². The van der Waals surface area contributed by atoms with E-state index in [1.807, 2.05) is 0 Å². The van der Waals surface area contributed by atoms with E-state index in [1.54, 1.807) is 6.07 Å². The van der Waals surface area contributed by atoms with Gasteiger partial charge in [-0.3, -0.25) is 4.79 Å². The molecule has 1 N–H and O–H groups in total. The van der Waals surface area contributed by atoms with E-state index >= 15 is 0 Å². The molecule has 1 amide bonds. The van der Waals surface area contributed by atoms with Gasteiger partial charge >= 0.3 is 0 Å². The fourth-order valence-corrected chi connectivity index (χ4v) is 2.90. The zero-order valence-corrected chi connectivity index (χ0v) is 13.7. The van der Waals surface area contributed by atoms with Crippen molar-refractivity contribution in [3.05, 3.63) is 18.1 Å². The first-order valence-electron chi connectivity index (χ1n) is 7.95. The molecule has 1 aliphatic rings. The number of likely N-dealkylation sites (tertiary alicyclic amines) is 1. The molecule has 0 saturated carbocycles. The molecular weight excluding hydrogens is 280 g/mol. The number of methoxy groups -OCH3 is 1. The second-order valence-electron chi connectivity index (χ2n) is 6.32. The van der Waals surface area contributed by atoms with E-state index < -0.39 is 0 Å². The van der Waals surface area contributed by atoms with E-state index in [4.69, 9.17) is 4.74 Å². The first kappa shape index (κ1) is 16.7. The number of amides is 1. The van der Waals surface area contributed by atoms with Gasteiger partial charge in [0.2, 0.25) is 5.88 Å². The lowest BCUT2D eigenvalue weighted by Gasteiger charge is -2.33. The van der Waals surface area contributed by atoms with Crippen LogP contribution in [0.2, 0.25) is 0 Å². The lowest BCUT2D eigenvalue weighted by Crippen LogP contribution is -2.42. The predicted octanol–water partition coefficient (Wildman–Crippen LogP) is 1.58. The highest BCUT2D eigenvalue weighted by atomic mass is 16.5. The molecule has 0 aromatic carbocycles. The third-order valence-corrected chi connectivity index (χ3v) is 3.86. The number of ether oxygens (including phenoxy) is 1. The summed E-state index contributed by atoms with van der Waals surface area (Å²) < 4.78 is 5.01. The molecule has 122 valence electrons. The second-order valence-corrected chi connectivity index (χ2v) is 6.32. The summed E-state index contributed by atoms with van der Waals surface area (Å²) in [4.78, 5) is 22.5. The lowest BCUT2D eigenvalue weighted by atomic mass is 9.97. The monoisotopic (exact) mass is 306 g/mol. The molecule has 0 bridgehead atoms. The number of carbonyl (C=O) groups excluding carboxylic acids is 1. The van der Waals surface area contributed by atoms with Crippen molar-refractivity contribution in [2.24, 2.45) is 11.8 Å². The summed E-state index contributed by atoms with van der Waals surface area (Å²) in [6, 6.07) is 1.56. The van der Waals surface area contributed by atoms with Crippen LogP contribution in [0.4, 0.5) is 0 Å². The van der Waals surface area contributed by atoms with Crippen LogP contribution >= 0.6 is 0 Å². The minimum atomic E-state index is -0.165. The van der Waals surface area contributed by atoms with Crippen LogP contribution in [0, 0.1) is 11.8 Å². The van der Waals surface area contributed by atoms with Crippen molar-refractivity contribution in [2.45, 2.75) is 26.7 Å². The highest BCUT2D eigenvalue weighted by Crippen LogP contribution is 2.17. The van der Waals surface area contributed by atoms with Gasteiger partial charge in [-0.05, 0) is 31.2 Å². The third kappa shape index (κ3) is 4.94. The molecule has 1 aromatic rings. The number of rotatable bonds is 6. The molecule has 1 fully saturated rings. The maximum absolute atomic E-state index is 12.1. The summed E-state index contributed by atoms with van der Waals surface area (Å²) in [5.74, 6) is 1.43. The molecule has 6 nitrogen and oxygen atoms in total. The van der Waals surface area contributed by atoms with E-state index in [2.05, 4.69) is 34.0 Å². The normalized spacial score (nSPS) is 19.2. The van der Waals surface area contributed by atoms with Crippen molar-refractivity contribution in [3.63, 3.8) is 0 Å². The predicted molar refractivity (Wildman–Crippen MR) is 84.9 cm³/mol. The molecule has 0 radical (unpaired) electrons. The van der Waals surface area contributed by atoms with Crippen LogP contribution in [0.1, 0.15) is 37.2 Å². The van der Waals surface area contributed by atoms with Crippen LogP contribution in [0.15, 0.2) is 12.4 Å². The number of piperidine rings is 1. The van der Waals surface area contributed by atoms with E-state index in [0.29, 0.717) is 30.0 Å². The molecule has 1 unspecified atom stereocenters. The number of carbonyl (C=O) groups is 1. The van der Waals surface area contributed by atoms with Crippen LogP contribution in [-0.2, 0) is 0 Å². The quantitative estimate of drug-likeness (QED) is 0.864. The topological polar surface area (TPSA) is 67.3 Å².